The standard InChI is InChI=1S/C15H11N3O.C7H5NS2.Pt/c19-11-9-14(12-5-1-3-7-16-12)18-15(10-11)13-6-2-4-8-17-13;9-7-8-5-3-1-2-4-6(5)10-7;/h1-10H,(H,18,19);1-4H,(H,8,9);/q;;+2/p-2. The van der Waals surface area contributed by atoms with Crippen LogP contribution in [0.2, 0.25) is 0 Å². The number of nitrogens with zero attached hydrogens (tertiary/aromatic N) is 4. The smallest absolute Gasteiger partial charge is 0.654 e. The largest absolute Gasteiger partial charge is 2.00 e. The van der Waals surface area contributed by atoms with E-state index in [1.807, 2.05) is 60.7 Å². The summed E-state index contributed by atoms with van der Waals surface area (Å²) in [5.74, 6) is 0. The van der Waals surface area contributed by atoms with Gasteiger partial charge in [0.15, 0.2) is 5.43 Å². The van der Waals surface area contributed by atoms with E-state index in [1.54, 1.807) is 23.7 Å². The van der Waals surface area contributed by atoms with Crippen LogP contribution in [0.15, 0.2) is 94.3 Å². The summed E-state index contributed by atoms with van der Waals surface area (Å²) in [5.41, 5.74) is 3.39. The van der Waals surface area contributed by atoms with Crippen LogP contribution in [0.5, 0.6) is 0 Å². The Balaban J connectivity index is 0.000000197. The molecule has 5 nitrogen and oxygen atoms in total. The van der Waals surface area contributed by atoms with E-state index in [0.717, 1.165) is 9.86 Å². The summed E-state index contributed by atoms with van der Waals surface area (Å²) >= 11 is 6.48. The van der Waals surface area contributed by atoms with Crippen molar-refractivity contribution in [3.63, 3.8) is 0 Å². The molecule has 0 fully saturated rings. The van der Waals surface area contributed by atoms with E-state index < -0.39 is 0 Å². The molecule has 8 heteroatoms. The van der Waals surface area contributed by atoms with Crippen molar-refractivity contribution < 1.29 is 21.1 Å². The minimum atomic E-state index is -0.101. The number of hydrogen-bond donors (Lipinski definition) is 0. The molecular weight excluding hydrogens is 595 g/mol. The molecule has 0 N–H and O–H groups in total. The van der Waals surface area contributed by atoms with Crippen LogP contribution in [-0.2, 0) is 33.7 Å². The second-order valence-electron chi connectivity index (χ2n) is 5.95. The van der Waals surface area contributed by atoms with Gasteiger partial charge in [0.05, 0.1) is 5.52 Å². The van der Waals surface area contributed by atoms with Gasteiger partial charge in [-0.2, -0.15) is 0 Å². The maximum Gasteiger partial charge on any atom is 2.00 e. The molecule has 0 spiro atoms. The monoisotopic (exact) mass is 609 g/mol. The zero-order valence-corrected chi connectivity index (χ0v) is 19.3. The van der Waals surface area contributed by atoms with E-state index in [-0.39, 0.29) is 26.5 Å². The number of thiazole rings is 1. The van der Waals surface area contributed by atoms with Crippen molar-refractivity contribution in [1.82, 2.24) is 19.9 Å². The molecule has 4 aromatic heterocycles. The molecule has 1 aromatic carbocycles. The molecule has 0 saturated heterocycles. The Morgan fingerprint density at radius 2 is 1.37 bits per heavy atom. The third-order valence-electron chi connectivity index (χ3n) is 3.93. The zero-order valence-electron chi connectivity index (χ0n) is 15.4. The SMILES string of the molecule is O=c1cc(-c2ccccn2)[n-]c(-c2ccccn2)c1.[Pt+2].[S-]c1nc2ccccc2s1. The topological polar surface area (TPSA) is 69.8 Å². The van der Waals surface area contributed by atoms with Gasteiger partial charge in [-0.3, -0.25) is 19.7 Å². The Hall–Kier alpha value is -2.73. The summed E-state index contributed by atoms with van der Waals surface area (Å²) in [7, 11) is 0. The molecule has 30 heavy (non-hydrogen) atoms. The Kier molecular flexibility index (Phi) is 7.57. The molecule has 5 rings (SSSR count). The Bertz CT molecular complexity index is 1200. The van der Waals surface area contributed by atoms with Crippen LogP contribution in [0.1, 0.15) is 0 Å². The molecule has 150 valence electrons. The van der Waals surface area contributed by atoms with E-state index in [0.29, 0.717) is 22.8 Å². The van der Waals surface area contributed by atoms with Gasteiger partial charge < -0.3 is 28.9 Å². The number of hydrogen-bond acceptors (Lipinski definition) is 6. The molecule has 0 unspecified atom stereocenters. The molecule has 0 aliphatic heterocycles. The van der Waals surface area contributed by atoms with Crippen molar-refractivity contribution in [2.75, 3.05) is 0 Å². The molecule has 4 heterocycles. The van der Waals surface area contributed by atoms with Crippen LogP contribution in [0.3, 0.4) is 0 Å². The molecule has 0 bridgehead atoms. The van der Waals surface area contributed by atoms with Crippen LogP contribution in [0.4, 0.5) is 0 Å². The first-order chi connectivity index (χ1) is 14.2. The van der Waals surface area contributed by atoms with Gasteiger partial charge in [0.2, 0.25) is 0 Å². The fourth-order valence-corrected chi connectivity index (χ4v) is 3.71. The number of fused-ring (bicyclic) bond motifs is 1. The molecular formula is C22H14N4OPtS2. The van der Waals surface area contributed by atoms with Crippen molar-refractivity contribution >= 4 is 34.2 Å². The van der Waals surface area contributed by atoms with Gasteiger partial charge in [0.1, 0.15) is 0 Å². The number of pyridine rings is 3. The summed E-state index contributed by atoms with van der Waals surface area (Å²) in [6.07, 6.45) is 3.35. The second kappa shape index (κ2) is 10.3. The minimum absolute atomic E-state index is 0. The van der Waals surface area contributed by atoms with E-state index in [9.17, 15) is 4.79 Å². The predicted octanol–water partition coefficient (Wildman–Crippen LogP) is 4.33. The fraction of sp³-hybridized carbons (Fsp3) is 0. The van der Waals surface area contributed by atoms with Crippen molar-refractivity contribution in [3.05, 3.63) is 95.4 Å². The normalized spacial score (nSPS) is 10.0. The van der Waals surface area contributed by atoms with Gasteiger partial charge in [-0.15, -0.1) is 11.4 Å². The third kappa shape index (κ3) is 5.45. The number of rotatable bonds is 2. The number of benzene rings is 1. The molecule has 0 radical (unpaired) electrons. The van der Waals surface area contributed by atoms with Crippen molar-refractivity contribution in [2.24, 2.45) is 0 Å². The van der Waals surface area contributed by atoms with Crippen LogP contribution in [0, 0.1) is 0 Å². The average Bonchev–Trinajstić information content (AvgIpc) is 3.15. The maximum absolute atomic E-state index is 11.8. The van der Waals surface area contributed by atoms with Gasteiger partial charge in [-0.25, -0.2) is 0 Å². The second-order valence-corrected chi connectivity index (χ2v) is 7.63. The molecule has 0 aliphatic rings. The van der Waals surface area contributed by atoms with Gasteiger partial charge in [-0.1, -0.05) is 30.3 Å². The Labute approximate surface area is 197 Å². The Morgan fingerprint density at radius 1 is 0.800 bits per heavy atom. The fourth-order valence-electron chi connectivity index (χ4n) is 2.65. The zero-order chi connectivity index (χ0) is 20.1. The van der Waals surface area contributed by atoms with Gasteiger partial charge >= 0.3 is 21.1 Å². The molecule has 5 aromatic rings. The van der Waals surface area contributed by atoms with E-state index in [2.05, 4.69) is 19.9 Å². The van der Waals surface area contributed by atoms with E-state index >= 15 is 0 Å². The average molecular weight is 610 g/mol. The summed E-state index contributed by atoms with van der Waals surface area (Å²) in [5, 5.41) is 0. The quantitative estimate of drug-likeness (QED) is 0.278. The van der Waals surface area contributed by atoms with E-state index in [4.69, 9.17) is 12.6 Å². The molecule has 0 aliphatic carbocycles. The third-order valence-corrected chi connectivity index (χ3v) is 5.10. The summed E-state index contributed by atoms with van der Waals surface area (Å²) < 4.78 is 1.90. The van der Waals surface area contributed by atoms with Crippen LogP contribution in [-0.4, -0.2) is 15.0 Å². The maximum atomic E-state index is 11.8. The van der Waals surface area contributed by atoms with Gasteiger partial charge in [0, 0.05) is 23.8 Å². The predicted molar refractivity (Wildman–Crippen MR) is 118 cm³/mol. The van der Waals surface area contributed by atoms with Crippen LogP contribution >= 0.6 is 11.3 Å². The Morgan fingerprint density at radius 3 is 1.90 bits per heavy atom. The summed E-state index contributed by atoms with van der Waals surface area (Å²) in [6, 6.07) is 22.0. The van der Waals surface area contributed by atoms with Crippen LogP contribution in [0.25, 0.3) is 33.0 Å². The van der Waals surface area contributed by atoms with E-state index in [1.165, 1.54) is 16.8 Å². The van der Waals surface area contributed by atoms with Crippen molar-refractivity contribution in [1.29, 1.82) is 0 Å². The molecule has 0 amide bonds. The first kappa shape index (κ1) is 22.0. The van der Waals surface area contributed by atoms with Crippen LogP contribution < -0.4 is 10.4 Å². The summed E-state index contributed by atoms with van der Waals surface area (Å²) in [6.45, 7) is 0. The first-order valence-electron chi connectivity index (χ1n) is 8.73. The van der Waals surface area contributed by atoms with Crippen molar-refractivity contribution in [3.8, 4) is 22.8 Å². The number of aromatic nitrogens is 4. The summed E-state index contributed by atoms with van der Waals surface area (Å²) in [4.78, 5) is 28.8. The van der Waals surface area contributed by atoms with Gasteiger partial charge in [0.25, 0.3) is 0 Å². The minimum Gasteiger partial charge on any atom is -0.654 e. The number of para-hydroxylation sites is 1. The molecule has 0 atom stereocenters. The molecule has 0 saturated carbocycles. The van der Waals surface area contributed by atoms with Crippen molar-refractivity contribution in [2.45, 2.75) is 4.34 Å². The van der Waals surface area contributed by atoms with Gasteiger partial charge in [-0.05, 0) is 51.5 Å². The first-order valence-corrected chi connectivity index (χ1v) is 9.96.